The fraction of sp³-hybridized carbons (Fsp3) is 0.150. The maximum Gasteiger partial charge on any atom is 0.418 e. The number of hydrogen-bond donors (Lipinski definition) is 3. The van der Waals surface area contributed by atoms with Gasteiger partial charge in [-0.1, -0.05) is 11.8 Å². The molecule has 3 aromatic heterocycles. The molecular weight excluding hydrogens is 379 g/mol. The molecule has 0 unspecified atom stereocenters. The van der Waals surface area contributed by atoms with Crippen LogP contribution in [0.5, 0.6) is 5.75 Å². The number of hydrogen-bond acceptors (Lipinski definition) is 5. The molecule has 0 aliphatic rings. The number of aryl methyl sites for hydroxylation is 1. The number of aromatic amines is 2. The highest BCUT2D eigenvalue weighted by Gasteiger charge is 2.19. The maximum absolute atomic E-state index is 13.2. The van der Waals surface area contributed by atoms with Crippen LogP contribution in [0.2, 0.25) is 0 Å². The summed E-state index contributed by atoms with van der Waals surface area (Å²) in [5.41, 5.74) is 3.24. The molecule has 29 heavy (non-hydrogen) atoms. The normalized spacial score (nSPS) is 10.7. The fourth-order valence-electron chi connectivity index (χ4n) is 2.94. The van der Waals surface area contributed by atoms with E-state index in [9.17, 15) is 14.3 Å². The summed E-state index contributed by atoms with van der Waals surface area (Å²) in [4.78, 5) is 18.0. The van der Waals surface area contributed by atoms with Crippen LogP contribution in [0.3, 0.4) is 0 Å². The van der Waals surface area contributed by atoms with Gasteiger partial charge in [-0.15, -0.1) is 4.68 Å². The van der Waals surface area contributed by atoms with Crippen molar-refractivity contribution in [1.29, 1.82) is 0 Å². The molecule has 9 heteroatoms. The smallest absolute Gasteiger partial charge is 0.418 e. The molecule has 146 valence electrons. The Morgan fingerprint density at radius 1 is 1.38 bits per heavy atom. The number of aliphatic hydroxyl groups excluding tert-OH is 1. The quantitative estimate of drug-likeness (QED) is 0.358. The highest BCUT2D eigenvalue weighted by atomic mass is 19.1. The Hall–Kier alpha value is -3.90. The van der Waals surface area contributed by atoms with Crippen molar-refractivity contribution in [3.05, 3.63) is 64.2 Å². The summed E-state index contributed by atoms with van der Waals surface area (Å²) in [7, 11) is 1.82. The van der Waals surface area contributed by atoms with Gasteiger partial charge in [-0.25, -0.2) is 14.2 Å². The van der Waals surface area contributed by atoms with E-state index >= 15 is 0 Å². The van der Waals surface area contributed by atoms with Crippen molar-refractivity contribution in [2.45, 2.75) is 6.61 Å². The van der Waals surface area contributed by atoms with Crippen LogP contribution in [0, 0.1) is 17.7 Å². The molecule has 0 aliphatic carbocycles. The maximum atomic E-state index is 13.2. The number of nitrogens with one attached hydrogen (secondary N) is 2. The molecular formula is C20H16FN4O4+. The zero-order valence-electron chi connectivity index (χ0n) is 15.3. The van der Waals surface area contributed by atoms with Crippen LogP contribution in [0.25, 0.3) is 22.5 Å². The van der Waals surface area contributed by atoms with Crippen LogP contribution in [-0.2, 0) is 13.7 Å². The second-order valence-corrected chi connectivity index (χ2v) is 6.18. The molecule has 0 saturated carbocycles. The highest BCUT2D eigenvalue weighted by molar-refractivity contribution is 5.75. The van der Waals surface area contributed by atoms with E-state index in [1.165, 1.54) is 18.2 Å². The third-order valence-electron chi connectivity index (χ3n) is 4.26. The SMILES string of the molecule is C[n+]1[nH]cc(C#CCOc2ccc(F)cc2CO)c1-c1cnc2[nH]c(=O)oc2c1. The van der Waals surface area contributed by atoms with Crippen LogP contribution in [0.15, 0.2) is 45.9 Å². The third kappa shape index (κ3) is 3.74. The van der Waals surface area contributed by atoms with E-state index in [4.69, 9.17) is 9.15 Å². The number of aliphatic hydroxyl groups is 1. The zero-order valence-corrected chi connectivity index (χ0v) is 15.3. The van der Waals surface area contributed by atoms with Crippen molar-refractivity contribution in [1.82, 2.24) is 15.1 Å². The second-order valence-electron chi connectivity index (χ2n) is 6.18. The summed E-state index contributed by atoms with van der Waals surface area (Å²) in [6.45, 7) is -0.278. The van der Waals surface area contributed by atoms with Gasteiger partial charge >= 0.3 is 5.76 Å². The predicted octanol–water partition coefficient (Wildman–Crippen LogP) is 1.40. The fourth-order valence-corrected chi connectivity index (χ4v) is 2.94. The number of aromatic nitrogens is 4. The minimum absolute atomic E-state index is 0.0525. The van der Waals surface area contributed by atoms with Crippen molar-refractivity contribution in [2.75, 3.05) is 6.61 Å². The molecule has 0 spiro atoms. The van der Waals surface area contributed by atoms with Crippen molar-refractivity contribution >= 4 is 11.2 Å². The summed E-state index contributed by atoms with van der Waals surface area (Å²) >= 11 is 0. The zero-order chi connectivity index (χ0) is 20.4. The lowest BCUT2D eigenvalue weighted by atomic mass is 10.1. The molecule has 0 radical (unpaired) electrons. The number of oxazole rings is 1. The molecule has 4 aromatic rings. The number of H-pyrrole nitrogens is 2. The van der Waals surface area contributed by atoms with Gasteiger partial charge in [0, 0.05) is 17.8 Å². The van der Waals surface area contributed by atoms with E-state index in [1.807, 2.05) is 7.05 Å². The summed E-state index contributed by atoms with van der Waals surface area (Å²) in [5.74, 6) is 5.28. The lowest BCUT2D eigenvalue weighted by Gasteiger charge is -2.07. The molecule has 8 nitrogen and oxygen atoms in total. The van der Waals surface area contributed by atoms with Gasteiger partial charge in [-0.2, -0.15) is 5.10 Å². The molecule has 0 amide bonds. The van der Waals surface area contributed by atoms with Gasteiger partial charge < -0.3 is 14.3 Å². The van der Waals surface area contributed by atoms with Crippen LogP contribution in [0.1, 0.15) is 11.1 Å². The molecule has 0 saturated heterocycles. The van der Waals surface area contributed by atoms with Gasteiger partial charge in [0.1, 0.15) is 23.7 Å². The molecule has 0 fully saturated rings. The first-order valence-corrected chi connectivity index (χ1v) is 8.63. The molecule has 0 atom stereocenters. The van der Waals surface area contributed by atoms with E-state index < -0.39 is 11.6 Å². The minimum atomic E-state index is -0.566. The van der Waals surface area contributed by atoms with Crippen molar-refractivity contribution in [3.63, 3.8) is 0 Å². The van der Waals surface area contributed by atoms with Gasteiger partial charge in [-0.05, 0) is 18.2 Å². The Kier molecular flexibility index (Phi) is 4.85. The van der Waals surface area contributed by atoms with Gasteiger partial charge in [0.15, 0.2) is 18.3 Å². The van der Waals surface area contributed by atoms with Crippen LogP contribution in [-0.4, -0.2) is 26.8 Å². The summed E-state index contributed by atoms with van der Waals surface area (Å²) in [6.07, 6.45) is 3.35. The lowest BCUT2D eigenvalue weighted by molar-refractivity contribution is -0.716. The summed E-state index contributed by atoms with van der Waals surface area (Å²) < 4.78 is 25.6. The molecule has 0 bridgehead atoms. The average Bonchev–Trinajstić information content (AvgIpc) is 3.26. The van der Waals surface area contributed by atoms with Gasteiger partial charge in [0.2, 0.25) is 0 Å². The molecule has 0 aliphatic heterocycles. The van der Waals surface area contributed by atoms with Gasteiger partial charge in [0.25, 0.3) is 5.69 Å². The standard InChI is InChI=1S/C20H15FN4O4/c1-25-18(13-8-17-19(22-9-13)24-20(27)29-17)12(10-23-25)3-2-6-28-16-5-4-15(21)7-14(16)11-26/h4-5,7-10,26H,6,11H2,1H3,(H,22,23,24,27)/p+1. The average molecular weight is 395 g/mol. The van der Waals surface area contributed by atoms with E-state index in [1.54, 1.807) is 23.1 Å². The van der Waals surface area contributed by atoms with E-state index in [2.05, 4.69) is 26.9 Å². The molecule has 4 rings (SSSR count). The largest absolute Gasteiger partial charge is 0.481 e. The topological polar surface area (TPSA) is 108 Å². The second kappa shape index (κ2) is 7.61. The van der Waals surface area contributed by atoms with Gasteiger partial charge in [-0.3, -0.25) is 4.98 Å². The van der Waals surface area contributed by atoms with Crippen molar-refractivity contribution in [3.8, 4) is 28.8 Å². The molecule has 3 heterocycles. The van der Waals surface area contributed by atoms with Crippen molar-refractivity contribution < 1.29 is 23.3 Å². The Morgan fingerprint density at radius 3 is 3.07 bits per heavy atom. The lowest BCUT2D eigenvalue weighted by Crippen LogP contribution is -2.32. The van der Waals surface area contributed by atoms with E-state index in [-0.39, 0.29) is 13.2 Å². The third-order valence-corrected chi connectivity index (χ3v) is 4.26. The number of fused-ring (bicyclic) bond motifs is 1. The highest BCUT2D eigenvalue weighted by Crippen LogP contribution is 2.22. The minimum Gasteiger partial charge on any atom is -0.481 e. The monoisotopic (exact) mass is 395 g/mol. The first kappa shape index (κ1) is 18.5. The summed E-state index contributed by atoms with van der Waals surface area (Å²) in [5, 5.41) is 12.3. The number of halogens is 1. The van der Waals surface area contributed by atoms with E-state index in [0.29, 0.717) is 28.1 Å². The first-order chi connectivity index (χ1) is 14.0. The Morgan fingerprint density at radius 2 is 2.24 bits per heavy atom. The Bertz CT molecular complexity index is 1310. The Labute approximate surface area is 163 Å². The predicted molar refractivity (Wildman–Crippen MR) is 100 cm³/mol. The number of nitrogens with zero attached hydrogens (tertiary/aromatic N) is 2. The van der Waals surface area contributed by atoms with Crippen LogP contribution < -0.4 is 15.2 Å². The van der Waals surface area contributed by atoms with E-state index in [0.717, 1.165) is 11.3 Å². The molecule has 1 aromatic carbocycles. The molecule has 3 N–H and O–H groups in total. The summed E-state index contributed by atoms with van der Waals surface area (Å²) in [6, 6.07) is 5.64. The van der Waals surface area contributed by atoms with Crippen LogP contribution in [0.4, 0.5) is 4.39 Å². The number of pyridine rings is 1. The first-order valence-electron chi connectivity index (χ1n) is 8.63. The number of rotatable bonds is 4. The van der Waals surface area contributed by atoms with Gasteiger partial charge in [0.05, 0.1) is 18.4 Å². The van der Waals surface area contributed by atoms with Crippen molar-refractivity contribution in [2.24, 2.45) is 7.05 Å². The van der Waals surface area contributed by atoms with Crippen LogP contribution >= 0.6 is 0 Å². The number of ether oxygens (including phenoxy) is 1. The number of benzene rings is 1. The Balaban J connectivity index is 1.57.